The van der Waals surface area contributed by atoms with Crippen LogP contribution < -0.4 is 14.4 Å². The van der Waals surface area contributed by atoms with Crippen molar-refractivity contribution in [1.82, 2.24) is 10.2 Å². The number of ether oxygens (including phenoxy) is 1. The molecule has 0 aliphatic heterocycles. The number of benzene rings is 2. The van der Waals surface area contributed by atoms with E-state index >= 15 is 0 Å². The monoisotopic (exact) mass is 571 g/mol. The Hall–Kier alpha value is -2.49. The lowest BCUT2D eigenvalue weighted by molar-refractivity contribution is -0.140. The fourth-order valence-corrected chi connectivity index (χ4v) is 5.04. The van der Waals surface area contributed by atoms with E-state index in [0.29, 0.717) is 28.1 Å². The fourth-order valence-electron chi connectivity index (χ4n) is 3.75. The number of anilines is 1. The molecule has 204 valence electrons. The number of halogens is 2. The van der Waals surface area contributed by atoms with Crippen molar-refractivity contribution >= 4 is 50.7 Å². The summed E-state index contributed by atoms with van der Waals surface area (Å²) in [6.07, 6.45) is 1.39. The van der Waals surface area contributed by atoms with E-state index < -0.39 is 16.1 Å². The summed E-state index contributed by atoms with van der Waals surface area (Å²) in [5.74, 6) is -0.127. The van der Waals surface area contributed by atoms with Crippen molar-refractivity contribution < 1.29 is 22.7 Å². The molecular weight excluding hydrogens is 537 g/mol. The second-order valence-corrected chi connectivity index (χ2v) is 11.7. The third-order valence-electron chi connectivity index (χ3n) is 5.52. The van der Waals surface area contributed by atoms with Gasteiger partial charge in [0.1, 0.15) is 11.8 Å². The van der Waals surface area contributed by atoms with Crippen molar-refractivity contribution in [2.45, 2.75) is 59.2 Å². The number of amides is 2. The highest BCUT2D eigenvalue weighted by molar-refractivity contribution is 7.92. The molecule has 0 bridgehead atoms. The van der Waals surface area contributed by atoms with E-state index in [1.165, 1.54) is 9.21 Å². The zero-order chi connectivity index (χ0) is 27.8. The number of carbonyl (C=O) groups is 2. The second kappa shape index (κ2) is 13.9. The van der Waals surface area contributed by atoms with Gasteiger partial charge in [-0.05, 0) is 63.9 Å². The van der Waals surface area contributed by atoms with Crippen LogP contribution in [0.5, 0.6) is 5.75 Å². The zero-order valence-corrected chi connectivity index (χ0v) is 24.2. The minimum atomic E-state index is -3.64. The average molecular weight is 573 g/mol. The molecule has 0 saturated carbocycles. The molecule has 0 aromatic heterocycles. The first kappa shape index (κ1) is 30.7. The van der Waals surface area contributed by atoms with E-state index in [1.807, 2.05) is 20.8 Å². The molecule has 0 spiro atoms. The molecule has 0 radical (unpaired) electrons. The van der Waals surface area contributed by atoms with Crippen LogP contribution in [0.2, 0.25) is 10.0 Å². The molecule has 0 aliphatic rings. The molecule has 2 amide bonds. The Morgan fingerprint density at radius 3 is 2.32 bits per heavy atom. The molecule has 2 aromatic rings. The Labute approximate surface area is 229 Å². The van der Waals surface area contributed by atoms with Crippen molar-refractivity contribution in [3.63, 3.8) is 0 Å². The van der Waals surface area contributed by atoms with Crippen LogP contribution in [0.1, 0.15) is 46.1 Å². The van der Waals surface area contributed by atoms with Crippen molar-refractivity contribution in [2.24, 2.45) is 0 Å². The van der Waals surface area contributed by atoms with E-state index in [2.05, 4.69) is 5.32 Å². The van der Waals surface area contributed by atoms with Gasteiger partial charge in [0, 0.05) is 25.6 Å². The molecule has 8 nitrogen and oxygen atoms in total. The highest BCUT2D eigenvalue weighted by Crippen LogP contribution is 2.30. The van der Waals surface area contributed by atoms with E-state index in [4.69, 9.17) is 27.9 Å². The first-order valence-electron chi connectivity index (χ1n) is 12.1. The maximum Gasteiger partial charge on any atom is 0.242 e. The summed E-state index contributed by atoms with van der Waals surface area (Å²) >= 11 is 12.2. The minimum Gasteiger partial charge on any atom is -0.492 e. The number of hydrogen-bond donors (Lipinski definition) is 1. The van der Waals surface area contributed by atoms with Gasteiger partial charge in [0.25, 0.3) is 0 Å². The van der Waals surface area contributed by atoms with Crippen LogP contribution in [0.4, 0.5) is 5.69 Å². The Bertz CT molecular complexity index is 1190. The van der Waals surface area contributed by atoms with Crippen molar-refractivity contribution in [2.75, 3.05) is 23.7 Å². The van der Waals surface area contributed by atoms with Gasteiger partial charge in [0.15, 0.2) is 0 Å². The quantitative estimate of drug-likeness (QED) is 0.369. The van der Waals surface area contributed by atoms with E-state index in [1.54, 1.807) is 49.4 Å². The summed E-state index contributed by atoms with van der Waals surface area (Å²) in [4.78, 5) is 27.6. The molecule has 37 heavy (non-hydrogen) atoms. The van der Waals surface area contributed by atoms with Gasteiger partial charge in [0.05, 0.1) is 28.6 Å². The molecule has 0 fully saturated rings. The van der Waals surface area contributed by atoms with Crippen LogP contribution in [-0.2, 0) is 26.2 Å². The minimum absolute atomic E-state index is 0.0312. The molecule has 2 aromatic carbocycles. The highest BCUT2D eigenvalue weighted by Gasteiger charge is 2.27. The SMILES string of the molecule is CCOc1ccccc1N(CCCC(=O)N(Cc1ccc(Cl)c(Cl)c1)[C@H](C)C(=O)NC(C)C)S(C)(=O)=O. The summed E-state index contributed by atoms with van der Waals surface area (Å²) in [6, 6.07) is 11.1. The fraction of sp³-hybridized carbons (Fsp3) is 0.462. The van der Waals surface area contributed by atoms with Crippen LogP contribution in [0.15, 0.2) is 42.5 Å². The van der Waals surface area contributed by atoms with Crippen LogP contribution in [-0.4, -0.2) is 56.6 Å². The zero-order valence-electron chi connectivity index (χ0n) is 21.8. The molecule has 0 heterocycles. The van der Waals surface area contributed by atoms with Crippen LogP contribution >= 0.6 is 23.2 Å². The molecule has 0 saturated heterocycles. The second-order valence-electron chi connectivity index (χ2n) is 8.95. The Morgan fingerprint density at radius 2 is 1.73 bits per heavy atom. The third kappa shape index (κ3) is 9.09. The van der Waals surface area contributed by atoms with E-state index in [-0.39, 0.29) is 43.8 Å². The molecular formula is C26H35Cl2N3O5S. The summed E-state index contributed by atoms with van der Waals surface area (Å²) in [6.45, 7) is 7.76. The lowest BCUT2D eigenvalue weighted by Gasteiger charge is -2.30. The van der Waals surface area contributed by atoms with Gasteiger partial charge in [-0.25, -0.2) is 8.42 Å². The van der Waals surface area contributed by atoms with Gasteiger partial charge in [-0.2, -0.15) is 0 Å². The smallest absolute Gasteiger partial charge is 0.242 e. The number of nitrogens with zero attached hydrogens (tertiary/aromatic N) is 2. The Balaban J connectivity index is 2.23. The number of hydrogen-bond acceptors (Lipinski definition) is 5. The molecule has 0 unspecified atom stereocenters. The first-order chi connectivity index (χ1) is 17.3. The summed E-state index contributed by atoms with van der Waals surface area (Å²) in [5.41, 5.74) is 1.13. The molecule has 2 rings (SSSR count). The normalized spacial score (nSPS) is 12.2. The lowest BCUT2D eigenvalue weighted by atomic mass is 10.1. The van der Waals surface area contributed by atoms with E-state index in [0.717, 1.165) is 11.8 Å². The van der Waals surface area contributed by atoms with Crippen molar-refractivity contribution in [3.05, 3.63) is 58.1 Å². The maximum atomic E-state index is 13.4. The summed E-state index contributed by atoms with van der Waals surface area (Å²) in [7, 11) is -3.64. The van der Waals surface area contributed by atoms with Crippen LogP contribution in [0, 0.1) is 0 Å². The van der Waals surface area contributed by atoms with E-state index in [9.17, 15) is 18.0 Å². The summed E-state index contributed by atoms with van der Waals surface area (Å²) < 4.78 is 32.0. The Kier molecular flexibility index (Phi) is 11.5. The van der Waals surface area contributed by atoms with Gasteiger partial charge in [-0.3, -0.25) is 13.9 Å². The predicted molar refractivity (Wildman–Crippen MR) is 149 cm³/mol. The molecule has 1 atom stereocenters. The molecule has 11 heteroatoms. The lowest BCUT2D eigenvalue weighted by Crippen LogP contribution is -2.49. The first-order valence-corrected chi connectivity index (χ1v) is 14.7. The molecule has 0 aliphatic carbocycles. The van der Waals surface area contributed by atoms with Crippen molar-refractivity contribution in [3.8, 4) is 5.75 Å². The number of carbonyl (C=O) groups excluding carboxylic acids is 2. The van der Waals surface area contributed by atoms with Crippen LogP contribution in [0.25, 0.3) is 0 Å². The topological polar surface area (TPSA) is 96.0 Å². The predicted octanol–water partition coefficient (Wildman–Crippen LogP) is 4.88. The third-order valence-corrected chi connectivity index (χ3v) is 7.44. The van der Waals surface area contributed by atoms with Gasteiger partial charge >= 0.3 is 0 Å². The Morgan fingerprint density at radius 1 is 1.05 bits per heavy atom. The molecule has 1 N–H and O–H groups in total. The van der Waals surface area contributed by atoms with Gasteiger partial charge in [-0.15, -0.1) is 0 Å². The number of nitrogens with one attached hydrogen (secondary N) is 1. The number of para-hydroxylation sites is 2. The summed E-state index contributed by atoms with van der Waals surface area (Å²) in [5, 5.41) is 3.58. The van der Waals surface area contributed by atoms with Crippen LogP contribution in [0.3, 0.4) is 0 Å². The average Bonchev–Trinajstić information content (AvgIpc) is 2.81. The van der Waals surface area contributed by atoms with Crippen molar-refractivity contribution in [1.29, 1.82) is 0 Å². The van der Waals surface area contributed by atoms with Gasteiger partial charge in [0.2, 0.25) is 21.8 Å². The number of rotatable bonds is 13. The standard InChI is InChI=1S/C26H35Cl2N3O5S/c1-6-36-24-11-8-7-10-23(24)31(37(5,34)35)15-9-12-25(32)30(19(4)26(33)29-18(2)3)17-20-13-14-21(27)22(28)16-20/h7-8,10-11,13-14,16,18-19H,6,9,12,15,17H2,1-5H3,(H,29,33)/t19-/m1/s1. The maximum absolute atomic E-state index is 13.4. The number of sulfonamides is 1. The largest absolute Gasteiger partial charge is 0.492 e. The van der Waals surface area contributed by atoms with Gasteiger partial charge < -0.3 is 15.0 Å². The van der Waals surface area contributed by atoms with Gasteiger partial charge in [-0.1, -0.05) is 41.4 Å². The highest BCUT2D eigenvalue weighted by atomic mass is 35.5.